The van der Waals surface area contributed by atoms with E-state index in [0.29, 0.717) is 11.4 Å². The van der Waals surface area contributed by atoms with Crippen molar-refractivity contribution in [2.24, 2.45) is 0 Å². The highest BCUT2D eigenvalue weighted by Crippen LogP contribution is 2.30. The van der Waals surface area contributed by atoms with Gasteiger partial charge in [-0.3, -0.25) is 0 Å². The number of imidazole rings is 1. The largest absolute Gasteiger partial charge is 0.434 e. The highest BCUT2D eigenvalue weighted by molar-refractivity contribution is 9.10. The molecule has 0 aliphatic carbocycles. The molecule has 20 heavy (non-hydrogen) atoms. The number of aromatic nitrogens is 2. The Bertz CT molecular complexity index is 758. The van der Waals surface area contributed by atoms with E-state index in [4.69, 9.17) is 0 Å². The molecule has 3 aromatic rings. The molecule has 0 atom stereocenters. The quantitative estimate of drug-likeness (QED) is 0.758. The SMILES string of the molecule is FC(F)Oc1ccccc1-c1nc2ccc(Br)cc2[nH]1. The summed E-state index contributed by atoms with van der Waals surface area (Å²) in [6.45, 7) is -2.87. The number of rotatable bonds is 3. The maximum atomic E-state index is 12.4. The van der Waals surface area contributed by atoms with Crippen molar-refractivity contribution in [3.63, 3.8) is 0 Å². The second-order valence-corrected chi connectivity index (χ2v) is 5.04. The highest BCUT2D eigenvalue weighted by Gasteiger charge is 2.13. The number of nitrogens with zero attached hydrogens (tertiary/aromatic N) is 1. The van der Waals surface area contributed by atoms with E-state index >= 15 is 0 Å². The van der Waals surface area contributed by atoms with E-state index in [9.17, 15) is 8.78 Å². The number of benzene rings is 2. The third kappa shape index (κ3) is 2.51. The molecule has 0 amide bonds. The second kappa shape index (κ2) is 5.20. The van der Waals surface area contributed by atoms with Crippen LogP contribution in [0, 0.1) is 0 Å². The van der Waals surface area contributed by atoms with Crippen LogP contribution in [-0.2, 0) is 0 Å². The molecular formula is C14H9BrF2N2O. The molecule has 0 unspecified atom stereocenters. The number of fused-ring (bicyclic) bond motifs is 1. The number of nitrogens with one attached hydrogen (secondary N) is 1. The maximum absolute atomic E-state index is 12.4. The highest BCUT2D eigenvalue weighted by atomic mass is 79.9. The first-order valence-electron chi connectivity index (χ1n) is 5.83. The topological polar surface area (TPSA) is 37.9 Å². The Morgan fingerprint density at radius 3 is 2.75 bits per heavy atom. The van der Waals surface area contributed by atoms with Gasteiger partial charge < -0.3 is 9.72 Å². The molecule has 0 spiro atoms. The van der Waals surface area contributed by atoms with Crippen LogP contribution in [0.15, 0.2) is 46.9 Å². The lowest BCUT2D eigenvalue weighted by Crippen LogP contribution is -2.03. The average Bonchev–Trinajstić information content (AvgIpc) is 2.81. The van der Waals surface area contributed by atoms with Gasteiger partial charge in [0, 0.05) is 4.47 Å². The van der Waals surface area contributed by atoms with Crippen LogP contribution in [0.5, 0.6) is 5.75 Å². The lowest BCUT2D eigenvalue weighted by molar-refractivity contribution is -0.0494. The van der Waals surface area contributed by atoms with Crippen molar-refractivity contribution in [1.82, 2.24) is 9.97 Å². The third-order valence-electron chi connectivity index (χ3n) is 2.80. The lowest BCUT2D eigenvalue weighted by Gasteiger charge is -2.08. The molecule has 0 saturated heterocycles. The maximum Gasteiger partial charge on any atom is 0.387 e. The minimum Gasteiger partial charge on any atom is -0.434 e. The Balaban J connectivity index is 2.10. The Morgan fingerprint density at radius 1 is 1.15 bits per heavy atom. The van der Waals surface area contributed by atoms with Crippen molar-refractivity contribution >= 4 is 27.0 Å². The monoisotopic (exact) mass is 338 g/mol. The summed E-state index contributed by atoms with van der Waals surface area (Å²) >= 11 is 3.37. The zero-order valence-electron chi connectivity index (χ0n) is 10.1. The van der Waals surface area contributed by atoms with Crippen LogP contribution >= 0.6 is 15.9 Å². The van der Waals surface area contributed by atoms with Gasteiger partial charge in [-0.25, -0.2) is 4.98 Å². The smallest absolute Gasteiger partial charge is 0.387 e. The Kier molecular flexibility index (Phi) is 3.40. The fourth-order valence-corrected chi connectivity index (χ4v) is 2.33. The molecule has 0 saturated carbocycles. The third-order valence-corrected chi connectivity index (χ3v) is 3.30. The number of alkyl halides is 2. The Labute approximate surface area is 121 Å². The molecule has 6 heteroatoms. The van der Waals surface area contributed by atoms with Crippen molar-refractivity contribution in [1.29, 1.82) is 0 Å². The van der Waals surface area contributed by atoms with Crippen molar-refractivity contribution in [2.75, 3.05) is 0 Å². The minimum atomic E-state index is -2.87. The van der Waals surface area contributed by atoms with Gasteiger partial charge in [0.15, 0.2) is 0 Å². The standard InChI is InChI=1S/C14H9BrF2N2O/c15-8-5-6-10-11(7-8)19-13(18-10)9-3-1-2-4-12(9)20-14(16)17/h1-7,14H,(H,18,19). The second-order valence-electron chi connectivity index (χ2n) is 4.12. The summed E-state index contributed by atoms with van der Waals surface area (Å²) < 4.78 is 30.3. The summed E-state index contributed by atoms with van der Waals surface area (Å²) in [7, 11) is 0. The minimum absolute atomic E-state index is 0.0978. The zero-order chi connectivity index (χ0) is 14.1. The molecule has 3 rings (SSSR count). The van der Waals surface area contributed by atoms with Gasteiger partial charge >= 0.3 is 6.61 Å². The predicted molar refractivity (Wildman–Crippen MR) is 75.9 cm³/mol. The summed E-state index contributed by atoms with van der Waals surface area (Å²) in [6, 6.07) is 12.2. The van der Waals surface area contributed by atoms with Crippen LogP contribution in [0.2, 0.25) is 0 Å². The molecule has 0 aliphatic rings. The van der Waals surface area contributed by atoms with Gasteiger partial charge in [0.1, 0.15) is 11.6 Å². The van der Waals surface area contributed by atoms with E-state index in [-0.39, 0.29) is 5.75 Å². The average molecular weight is 339 g/mol. The number of para-hydroxylation sites is 1. The van der Waals surface area contributed by atoms with Gasteiger partial charge in [0.2, 0.25) is 0 Å². The fourth-order valence-electron chi connectivity index (χ4n) is 1.97. The fraction of sp³-hybridized carbons (Fsp3) is 0.0714. The normalized spacial score (nSPS) is 11.2. The van der Waals surface area contributed by atoms with Crippen LogP contribution in [0.4, 0.5) is 8.78 Å². The van der Waals surface area contributed by atoms with Gasteiger partial charge in [0.05, 0.1) is 16.6 Å². The van der Waals surface area contributed by atoms with Gasteiger partial charge in [-0.1, -0.05) is 28.1 Å². The summed E-state index contributed by atoms with van der Waals surface area (Å²) in [5.41, 5.74) is 2.08. The number of hydrogen-bond donors (Lipinski definition) is 1. The summed E-state index contributed by atoms with van der Waals surface area (Å²) in [5.74, 6) is 0.593. The van der Waals surface area contributed by atoms with Gasteiger partial charge in [-0.2, -0.15) is 8.78 Å². The molecule has 1 aromatic heterocycles. The van der Waals surface area contributed by atoms with E-state index in [1.54, 1.807) is 18.2 Å². The van der Waals surface area contributed by atoms with Crippen LogP contribution < -0.4 is 4.74 Å². The van der Waals surface area contributed by atoms with E-state index in [1.807, 2.05) is 18.2 Å². The zero-order valence-corrected chi connectivity index (χ0v) is 11.7. The molecule has 2 aromatic carbocycles. The molecule has 0 bridgehead atoms. The van der Waals surface area contributed by atoms with Crippen molar-refractivity contribution in [3.05, 3.63) is 46.9 Å². The number of ether oxygens (including phenoxy) is 1. The number of aromatic amines is 1. The summed E-state index contributed by atoms with van der Waals surface area (Å²) in [6.07, 6.45) is 0. The van der Waals surface area contributed by atoms with Crippen molar-refractivity contribution in [2.45, 2.75) is 6.61 Å². The summed E-state index contributed by atoms with van der Waals surface area (Å²) in [5, 5.41) is 0. The van der Waals surface area contributed by atoms with Gasteiger partial charge in [-0.15, -0.1) is 0 Å². The first-order chi connectivity index (χ1) is 9.63. The Hall–Kier alpha value is -1.95. The molecule has 0 fully saturated rings. The lowest BCUT2D eigenvalue weighted by atomic mass is 10.2. The van der Waals surface area contributed by atoms with Crippen LogP contribution in [0.1, 0.15) is 0 Å². The summed E-state index contributed by atoms with van der Waals surface area (Å²) in [4.78, 5) is 7.49. The Morgan fingerprint density at radius 2 is 1.95 bits per heavy atom. The van der Waals surface area contributed by atoms with Crippen molar-refractivity contribution in [3.8, 4) is 17.1 Å². The first kappa shape index (κ1) is 13.1. The molecule has 1 heterocycles. The molecule has 0 radical (unpaired) electrons. The molecule has 102 valence electrons. The van der Waals surface area contributed by atoms with Crippen molar-refractivity contribution < 1.29 is 13.5 Å². The molecule has 3 nitrogen and oxygen atoms in total. The van der Waals surface area contributed by atoms with E-state index in [0.717, 1.165) is 15.5 Å². The van der Waals surface area contributed by atoms with Gasteiger partial charge in [-0.05, 0) is 30.3 Å². The van der Waals surface area contributed by atoms with E-state index < -0.39 is 6.61 Å². The molecule has 1 N–H and O–H groups in total. The molecular weight excluding hydrogens is 330 g/mol. The van der Waals surface area contributed by atoms with E-state index in [2.05, 4.69) is 30.6 Å². The first-order valence-corrected chi connectivity index (χ1v) is 6.62. The van der Waals surface area contributed by atoms with Crippen LogP contribution in [0.25, 0.3) is 22.4 Å². The molecule has 0 aliphatic heterocycles. The number of H-pyrrole nitrogens is 1. The van der Waals surface area contributed by atoms with E-state index in [1.165, 1.54) is 6.07 Å². The van der Waals surface area contributed by atoms with Crippen LogP contribution in [0.3, 0.4) is 0 Å². The predicted octanol–water partition coefficient (Wildman–Crippen LogP) is 4.59. The van der Waals surface area contributed by atoms with Crippen LogP contribution in [-0.4, -0.2) is 16.6 Å². The van der Waals surface area contributed by atoms with Gasteiger partial charge in [0.25, 0.3) is 0 Å². The number of hydrogen-bond acceptors (Lipinski definition) is 2. The number of halogens is 3.